The molecule has 3 aliphatic rings. The molecule has 0 aliphatic heterocycles. The summed E-state index contributed by atoms with van der Waals surface area (Å²) in [6, 6.07) is 23.8. The number of anilines is 1. The Balaban J connectivity index is 1.04. The molecule has 4 N–H and O–H groups in total. The fourth-order valence-electron chi connectivity index (χ4n) is 9.91. The van der Waals surface area contributed by atoms with Gasteiger partial charge in [-0.25, -0.2) is 9.59 Å². The molecule has 1 heterocycles. The van der Waals surface area contributed by atoms with Crippen LogP contribution in [-0.2, 0) is 39.1 Å². The minimum absolute atomic E-state index is 0.133. The third-order valence-electron chi connectivity index (χ3n) is 13.0. The molecule has 1 fully saturated rings. The van der Waals surface area contributed by atoms with Crippen molar-refractivity contribution in [1.82, 2.24) is 10.3 Å². The number of amides is 1. The first-order valence-electron chi connectivity index (χ1n) is 21.1. The van der Waals surface area contributed by atoms with E-state index in [1.165, 1.54) is 16.7 Å². The molecule has 10 nitrogen and oxygen atoms in total. The predicted octanol–water partition coefficient (Wildman–Crippen LogP) is 9.17. The van der Waals surface area contributed by atoms with Gasteiger partial charge in [-0.1, -0.05) is 67.9 Å². The van der Waals surface area contributed by atoms with Crippen LogP contribution in [0, 0.1) is 11.8 Å². The second-order valence-corrected chi connectivity index (χ2v) is 17.5. The number of carboxylic acid groups (broad SMARTS) is 2. The number of aryl methyl sites for hydroxylation is 1. The number of carbonyl (C=O) groups is 3. The Hall–Kier alpha value is -5.09. The van der Waals surface area contributed by atoms with Gasteiger partial charge in [0.05, 0.1) is 13.2 Å². The minimum Gasteiger partial charge on any atom is -0.494 e. The summed E-state index contributed by atoms with van der Waals surface area (Å²) in [6.07, 6.45) is 9.97. The summed E-state index contributed by atoms with van der Waals surface area (Å²) in [4.78, 5) is 42.4. The predicted molar refractivity (Wildman–Crippen MR) is 229 cm³/mol. The normalized spacial score (nSPS) is 23.0. The number of carbonyl (C=O) groups excluding carboxylic acids is 1. The monoisotopic (exact) mass is 821 g/mol. The molecular formula is C48H56ClN3O7. The number of hydrogen-bond acceptors (Lipinski definition) is 7. The van der Waals surface area contributed by atoms with Crippen molar-refractivity contribution >= 4 is 35.1 Å². The minimum atomic E-state index is -1.13. The van der Waals surface area contributed by atoms with Crippen molar-refractivity contribution in [3.8, 4) is 11.5 Å². The molecular weight excluding hydrogens is 766 g/mol. The number of rotatable bonds is 17. The fraction of sp³-hybridized carbons (Fsp3) is 0.458. The second kappa shape index (κ2) is 18.4. The number of fused-ring (bicyclic) bond motifs is 3. The first-order chi connectivity index (χ1) is 28.4. The molecule has 4 aromatic rings. The van der Waals surface area contributed by atoms with Gasteiger partial charge in [0.1, 0.15) is 23.1 Å². The molecule has 312 valence electrons. The van der Waals surface area contributed by atoms with Crippen LogP contribution in [0.4, 0.5) is 5.69 Å². The average molecular weight is 822 g/mol. The third kappa shape index (κ3) is 9.70. The van der Waals surface area contributed by atoms with Gasteiger partial charge in [-0.3, -0.25) is 9.78 Å². The highest BCUT2D eigenvalue weighted by molar-refractivity contribution is 6.30. The number of halogens is 1. The molecule has 11 heteroatoms. The van der Waals surface area contributed by atoms with Crippen molar-refractivity contribution < 1.29 is 34.1 Å². The van der Waals surface area contributed by atoms with Gasteiger partial charge in [-0.05, 0) is 140 Å². The van der Waals surface area contributed by atoms with Crippen molar-refractivity contribution in [1.29, 1.82) is 0 Å². The van der Waals surface area contributed by atoms with Crippen LogP contribution in [0.1, 0.15) is 106 Å². The largest absolute Gasteiger partial charge is 0.494 e. The number of aliphatic carboxylic acids is 2. The average Bonchev–Trinajstić information content (AvgIpc) is 3.50. The lowest BCUT2D eigenvalue weighted by atomic mass is 9.59. The van der Waals surface area contributed by atoms with E-state index in [-0.39, 0.29) is 42.6 Å². The standard InChI is InChI=1S/C48H56ClN3O7/c1-31(30-59-42-18-23-50-40-14-6-9-32(2)44(40)42)25-35-27-34-16-17-38(58-24-8-15-43(53)51-41(45(54)55)26-33-10-4-3-5-11-33)29-39(34)47(35)19-21-48(22-20-47,46(56)57)52-37-13-7-12-36(49)28-37/h3-5,7,10-13,16-18,23,28-29,31-32,35,41,52H,6,8-9,14-15,19-22,24-27,30H2,1-2H3,(H,51,53)(H,54,55)(H,56,57)/t31-,32-,35+,41-,47?,48?/m1/s1. The zero-order valence-corrected chi connectivity index (χ0v) is 34.8. The van der Waals surface area contributed by atoms with Crippen LogP contribution in [0.2, 0.25) is 5.02 Å². The smallest absolute Gasteiger partial charge is 0.329 e. The Labute approximate surface area is 352 Å². The van der Waals surface area contributed by atoms with E-state index in [0.717, 1.165) is 49.1 Å². The number of nitrogens with zero attached hydrogens (tertiary/aromatic N) is 1. The number of nitrogens with one attached hydrogen (secondary N) is 2. The summed E-state index contributed by atoms with van der Waals surface area (Å²) in [5.41, 5.74) is 5.02. The fourth-order valence-corrected chi connectivity index (χ4v) is 10.1. The highest BCUT2D eigenvalue weighted by atomic mass is 35.5. The van der Waals surface area contributed by atoms with Gasteiger partial charge in [0.15, 0.2) is 0 Å². The van der Waals surface area contributed by atoms with E-state index in [1.807, 2.05) is 60.8 Å². The highest BCUT2D eigenvalue weighted by Gasteiger charge is 2.54. The summed E-state index contributed by atoms with van der Waals surface area (Å²) in [5.74, 6) is 0.325. The van der Waals surface area contributed by atoms with E-state index in [4.69, 9.17) is 21.1 Å². The maximum atomic E-state index is 13.0. The Bertz CT molecular complexity index is 2120. The van der Waals surface area contributed by atoms with Crippen LogP contribution < -0.4 is 20.1 Å². The number of benzene rings is 3. The van der Waals surface area contributed by atoms with Crippen molar-refractivity contribution in [2.45, 2.75) is 114 Å². The molecule has 1 amide bonds. The molecule has 59 heavy (non-hydrogen) atoms. The lowest BCUT2D eigenvalue weighted by Crippen LogP contribution is -2.53. The van der Waals surface area contributed by atoms with E-state index in [9.17, 15) is 24.6 Å². The Morgan fingerprint density at radius 1 is 0.966 bits per heavy atom. The van der Waals surface area contributed by atoms with E-state index in [1.54, 1.807) is 12.1 Å². The summed E-state index contributed by atoms with van der Waals surface area (Å²) < 4.78 is 12.8. The van der Waals surface area contributed by atoms with Gasteiger partial charge >= 0.3 is 11.9 Å². The first-order valence-corrected chi connectivity index (χ1v) is 21.5. The lowest BCUT2D eigenvalue weighted by Gasteiger charge is -2.47. The summed E-state index contributed by atoms with van der Waals surface area (Å²) in [5, 5.41) is 27.0. The second-order valence-electron chi connectivity index (χ2n) is 17.1. The molecule has 0 unspecified atom stereocenters. The van der Waals surface area contributed by atoms with Gasteiger partial charge in [-0.2, -0.15) is 0 Å². The summed E-state index contributed by atoms with van der Waals surface area (Å²) >= 11 is 6.30. The van der Waals surface area contributed by atoms with Crippen LogP contribution in [-0.4, -0.2) is 57.8 Å². The molecule has 0 saturated heterocycles. The van der Waals surface area contributed by atoms with Crippen LogP contribution in [0.5, 0.6) is 11.5 Å². The van der Waals surface area contributed by atoms with Gasteiger partial charge < -0.3 is 30.3 Å². The Morgan fingerprint density at radius 2 is 1.76 bits per heavy atom. The molecule has 1 aromatic heterocycles. The molecule has 3 aromatic carbocycles. The van der Waals surface area contributed by atoms with E-state index in [0.29, 0.717) is 61.1 Å². The quantitative estimate of drug-likeness (QED) is 0.0766. The van der Waals surface area contributed by atoms with Crippen LogP contribution >= 0.6 is 11.6 Å². The number of aromatic nitrogens is 1. The topological polar surface area (TPSA) is 147 Å². The molecule has 1 spiro atoms. The molecule has 3 aliphatic carbocycles. The molecule has 1 saturated carbocycles. The number of ether oxygens (including phenoxy) is 2. The summed E-state index contributed by atoms with van der Waals surface area (Å²) in [7, 11) is 0. The van der Waals surface area contributed by atoms with Crippen molar-refractivity contribution in [2.24, 2.45) is 11.8 Å². The van der Waals surface area contributed by atoms with Crippen LogP contribution in [0.25, 0.3) is 0 Å². The van der Waals surface area contributed by atoms with Crippen molar-refractivity contribution in [2.75, 3.05) is 18.5 Å². The third-order valence-corrected chi connectivity index (χ3v) is 13.2. The Morgan fingerprint density at radius 3 is 2.51 bits per heavy atom. The van der Waals surface area contributed by atoms with Crippen LogP contribution in [0.15, 0.2) is 85.1 Å². The number of pyridine rings is 1. The van der Waals surface area contributed by atoms with E-state index in [2.05, 4.69) is 41.6 Å². The van der Waals surface area contributed by atoms with Gasteiger partial charge in [0.25, 0.3) is 0 Å². The first kappa shape index (κ1) is 42.0. The molecule has 7 rings (SSSR count). The zero-order chi connectivity index (χ0) is 41.6. The maximum absolute atomic E-state index is 13.0. The van der Waals surface area contributed by atoms with Gasteiger partial charge in [0, 0.05) is 41.0 Å². The lowest BCUT2D eigenvalue weighted by molar-refractivity contribution is -0.144. The molecule has 0 bridgehead atoms. The van der Waals surface area contributed by atoms with Crippen molar-refractivity contribution in [3.05, 3.63) is 118 Å². The number of carboxylic acids is 2. The maximum Gasteiger partial charge on any atom is 0.329 e. The summed E-state index contributed by atoms with van der Waals surface area (Å²) in [6.45, 7) is 5.39. The van der Waals surface area contributed by atoms with Gasteiger partial charge in [-0.15, -0.1) is 0 Å². The Kier molecular flexibility index (Phi) is 13.1. The van der Waals surface area contributed by atoms with E-state index >= 15 is 0 Å². The molecule has 4 atom stereocenters. The van der Waals surface area contributed by atoms with E-state index < -0.39 is 23.5 Å². The van der Waals surface area contributed by atoms with Crippen LogP contribution in [0.3, 0.4) is 0 Å². The zero-order valence-electron chi connectivity index (χ0n) is 34.1. The van der Waals surface area contributed by atoms with Gasteiger partial charge in [0.2, 0.25) is 5.91 Å². The highest BCUT2D eigenvalue weighted by Crippen LogP contribution is 2.57. The van der Waals surface area contributed by atoms with Crippen molar-refractivity contribution in [3.63, 3.8) is 0 Å². The molecule has 0 radical (unpaired) electrons. The SMILES string of the molecule is C[C@@H](COc1ccnc2c1[C@H](C)CCC2)C[C@H]1Cc2ccc(OCCCC(=O)N[C@H](Cc3ccccc3)C(=O)O)cc2C12CCC(Nc1cccc(Cl)c1)(C(=O)O)CC2. The number of hydrogen-bond donors (Lipinski definition) is 4.